The van der Waals surface area contributed by atoms with Crippen LogP contribution in [0.3, 0.4) is 0 Å². The van der Waals surface area contributed by atoms with Crippen molar-refractivity contribution in [3.05, 3.63) is 29.5 Å². The molecule has 5 rings (SSSR count). The van der Waals surface area contributed by atoms with Gasteiger partial charge in [-0.05, 0) is 27.2 Å². The second-order valence-corrected chi connectivity index (χ2v) is 9.06. The molecule has 0 amide bonds. The molecule has 0 aliphatic carbocycles. The topological polar surface area (TPSA) is 92.9 Å². The largest absolute Gasteiger partial charge is 0.451 e. The lowest BCUT2D eigenvalue weighted by Gasteiger charge is -2.48. The molecule has 1 spiro atoms. The van der Waals surface area contributed by atoms with Gasteiger partial charge >= 0.3 is 6.18 Å². The fraction of sp³-hybridized carbons (Fsp3) is 0.524. The van der Waals surface area contributed by atoms with E-state index < -0.39 is 12.0 Å². The van der Waals surface area contributed by atoms with E-state index in [0.29, 0.717) is 41.6 Å². The van der Waals surface area contributed by atoms with Gasteiger partial charge in [0.15, 0.2) is 11.4 Å². The van der Waals surface area contributed by atoms with E-state index in [1.54, 1.807) is 23.9 Å². The number of Topliss-reactive ketones (excluding diaryl/α,β-unsaturated/α-hetero) is 1. The highest BCUT2D eigenvalue weighted by Gasteiger charge is 2.49. The van der Waals surface area contributed by atoms with Crippen molar-refractivity contribution < 1.29 is 18.0 Å². The Kier molecular flexibility index (Phi) is 4.80. The first-order valence-electron chi connectivity index (χ1n) is 10.7. The Bertz CT molecular complexity index is 1250. The van der Waals surface area contributed by atoms with Gasteiger partial charge in [-0.1, -0.05) is 0 Å². The van der Waals surface area contributed by atoms with E-state index in [1.165, 1.54) is 6.92 Å². The lowest BCUT2D eigenvalue weighted by molar-refractivity contribution is -0.145. The Hall–Kier alpha value is -3.31. The van der Waals surface area contributed by atoms with Crippen LogP contribution in [-0.2, 0) is 17.5 Å². The van der Waals surface area contributed by atoms with Crippen molar-refractivity contribution in [2.45, 2.75) is 39.9 Å². The molecule has 0 radical (unpaired) electrons. The van der Waals surface area contributed by atoms with Gasteiger partial charge in [0.2, 0.25) is 5.82 Å². The number of carbonyl (C=O) groups excluding carboxylic acids is 1. The van der Waals surface area contributed by atoms with E-state index in [0.717, 1.165) is 25.2 Å². The highest BCUT2D eigenvalue weighted by Crippen LogP contribution is 2.43. The standard InChI is InChI=1S/C21H23F3N8O/c1-12-6-15(28-19(26-12)21(22,23)24)31-10-20(11-31)4-5-30(9-20)16-7-25-17-14(3)29-32(8-13(2)33)18(17)27-16/h6-7H,4-5,8-11H2,1-3H3. The third-order valence-electron chi connectivity index (χ3n) is 6.20. The van der Waals surface area contributed by atoms with Crippen molar-refractivity contribution in [3.63, 3.8) is 0 Å². The van der Waals surface area contributed by atoms with E-state index >= 15 is 0 Å². The normalized spacial score (nSPS) is 17.8. The average molecular weight is 460 g/mol. The number of nitrogens with zero attached hydrogens (tertiary/aromatic N) is 8. The summed E-state index contributed by atoms with van der Waals surface area (Å²) in [6.45, 7) is 7.75. The minimum absolute atomic E-state index is 0.0186. The zero-order valence-corrected chi connectivity index (χ0v) is 18.5. The molecular weight excluding hydrogens is 437 g/mol. The van der Waals surface area contributed by atoms with Crippen molar-refractivity contribution in [1.82, 2.24) is 29.7 Å². The van der Waals surface area contributed by atoms with Crippen molar-refractivity contribution in [3.8, 4) is 0 Å². The molecule has 174 valence electrons. The van der Waals surface area contributed by atoms with Crippen LogP contribution in [0.4, 0.5) is 24.8 Å². The molecule has 0 aromatic carbocycles. The fourth-order valence-corrected chi connectivity index (χ4v) is 4.71. The lowest BCUT2D eigenvalue weighted by Crippen LogP contribution is -2.58. The van der Waals surface area contributed by atoms with Gasteiger partial charge in [-0.25, -0.2) is 24.6 Å². The highest BCUT2D eigenvalue weighted by molar-refractivity contribution is 5.79. The Morgan fingerprint density at radius 2 is 1.82 bits per heavy atom. The zero-order chi connectivity index (χ0) is 23.5. The molecule has 2 fully saturated rings. The van der Waals surface area contributed by atoms with Gasteiger partial charge in [-0.15, -0.1) is 0 Å². The Morgan fingerprint density at radius 3 is 2.52 bits per heavy atom. The minimum atomic E-state index is -4.57. The van der Waals surface area contributed by atoms with E-state index in [4.69, 9.17) is 4.98 Å². The molecule has 12 heteroatoms. The van der Waals surface area contributed by atoms with Crippen LogP contribution in [0.15, 0.2) is 12.3 Å². The summed E-state index contributed by atoms with van der Waals surface area (Å²) >= 11 is 0. The van der Waals surface area contributed by atoms with Gasteiger partial charge in [0.1, 0.15) is 23.7 Å². The van der Waals surface area contributed by atoms with Crippen LogP contribution in [-0.4, -0.2) is 61.7 Å². The molecule has 5 heterocycles. The SMILES string of the molecule is CC(=O)Cn1nc(C)c2ncc(N3CCC4(CN(c5cc(C)nc(C(F)(F)F)n5)C4)C3)nc21. The molecule has 3 aromatic rings. The van der Waals surface area contributed by atoms with Crippen LogP contribution in [0.25, 0.3) is 11.2 Å². The van der Waals surface area contributed by atoms with E-state index in [9.17, 15) is 18.0 Å². The maximum Gasteiger partial charge on any atom is 0.451 e. The van der Waals surface area contributed by atoms with E-state index in [1.807, 2.05) is 11.8 Å². The number of anilines is 2. The average Bonchev–Trinajstić information content (AvgIpc) is 3.28. The molecule has 9 nitrogen and oxygen atoms in total. The molecule has 2 aliphatic heterocycles. The summed E-state index contributed by atoms with van der Waals surface area (Å²) in [7, 11) is 0. The van der Waals surface area contributed by atoms with Crippen molar-refractivity contribution in [1.29, 1.82) is 0 Å². The van der Waals surface area contributed by atoms with Gasteiger partial charge in [0.25, 0.3) is 0 Å². The molecule has 2 aliphatic rings. The third kappa shape index (κ3) is 3.87. The van der Waals surface area contributed by atoms with Crippen LogP contribution in [0.2, 0.25) is 0 Å². The summed E-state index contributed by atoms with van der Waals surface area (Å²) in [4.78, 5) is 32.1. The molecule has 0 N–H and O–H groups in total. The lowest BCUT2D eigenvalue weighted by atomic mass is 9.79. The minimum Gasteiger partial charge on any atom is -0.355 e. The van der Waals surface area contributed by atoms with E-state index in [-0.39, 0.29) is 17.7 Å². The second kappa shape index (κ2) is 7.35. The highest BCUT2D eigenvalue weighted by atomic mass is 19.4. The number of alkyl halides is 3. The monoisotopic (exact) mass is 460 g/mol. The number of fused-ring (bicyclic) bond motifs is 1. The van der Waals surface area contributed by atoms with Gasteiger partial charge in [-0.3, -0.25) is 4.79 Å². The zero-order valence-electron chi connectivity index (χ0n) is 18.5. The maximum atomic E-state index is 13.1. The quantitative estimate of drug-likeness (QED) is 0.587. The molecule has 0 unspecified atom stereocenters. The van der Waals surface area contributed by atoms with E-state index in [2.05, 4.69) is 25.0 Å². The smallest absolute Gasteiger partial charge is 0.355 e. The van der Waals surface area contributed by atoms with Crippen LogP contribution in [0, 0.1) is 19.3 Å². The maximum absolute atomic E-state index is 13.1. The van der Waals surface area contributed by atoms with Crippen molar-refractivity contribution in [2.24, 2.45) is 5.41 Å². The van der Waals surface area contributed by atoms with Gasteiger partial charge in [0, 0.05) is 43.4 Å². The van der Waals surface area contributed by atoms with Crippen molar-refractivity contribution >= 4 is 28.6 Å². The third-order valence-corrected chi connectivity index (χ3v) is 6.20. The number of carbonyl (C=O) groups is 1. The summed E-state index contributed by atoms with van der Waals surface area (Å²) in [6.07, 6.45) is -1.96. The molecular formula is C21H23F3N8O. The Balaban J connectivity index is 1.33. The van der Waals surface area contributed by atoms with Crippen molar-refractivity contribution in [2.75, 3.05) is 36.0 Å². The first kappa shape index (κ1) is 21.5. The summed E-state index contributed by atoms with van der Waals surface area (Å²) in [5.74, 6) is -0.106. The predicted molar refractivity (Wildman–Crippen MR) is 114 cm³/mol. The predicted octanol–water partition coefficient (Wildman–Crippen LogP) is 2.56. The Morgan fingerprint density at radius 1 is 1.09 bits per heavy atom. The van der Waals surface area contributed by atoms with Gasteiger partial charge in [0.05, 0.1) is 11.9 Å². The second-order valence-electron chi connectivity index (χ2n) is 9.06. The number of aromatic nitrogens is 6. The van der Waals surface area contributed by atoms with Gasteiger partial charge < -0.3 is 9.80 Å². The number of hydrogen-bond acceptors (Lipinski definition) is 8. The molecule has 0 atom stereocenters. The summed E-state index contributed by atoms with van der Waals surface area (Å²) in [5, 5.41) is 4.38. The number of ketones is 1. The summed E-state index contributed by atoms with van der Waals surface area (Å²) < 4.78 is 40.8. The number of halogens is 3. The Labute approximate surface area is 187 Å². The molecule has 0 bridgehead atoms. The molecule has 3 aromatic heterocycles. The number of aryl methyl sites for hydroxylation is 2. The summed E-state index contributed by atoms with van der Waals surface area (Å²) in [6, 6.07) is 1.59. The fourth-order valence-electron chi connectivity index (χ4n) is 4.71. The first-order chi connectivity index (χ1) is 15.5. The summed E-state index contributed by atoms with van der Waals surface area (Å²) in [5.41, 5.74) is 2.22. The molecule has 2 saturated heterocycles. The molecule has 33 heavy (non-hydrogen) atoms. The first-order valence-corrected chi connectivity index (χ1v) is 10.7. The number of hydrogen-bond donors (Lipinski definition) is 0. The number of rotatable bonds is 4. The molecule has 0 saturated carbocycles. The van der Waals surface area contributed by atoms with Crippen LogP contribution in [0.1, 0.15) is 30.6 Å². The van der Waals surface area contributed by atoms with Crippen LogP contribution >= 0.6 is 0 Å². The van der Waals surface area contributed by atoms with Crippen LogP contribution in [0.5, 0.6) is 0 Å². The van der Waals surface area contributed by atoms with Gasteiger partial charge in [-0.2, -0.15) is 18.3 Å². The van der Waals surface area contributed by atoms with Crippen LogP contribution < -0.4 is 9.80 Å².